The van der Waals surface area contributed by atoms with Gasteiger partial charge in [-0.25, -0.2) is 4.68 Å². The van der Waals surface area contributed by atoms with E-state index in [4.69, 9.17) is 0 Å². The molecule has 1 N–H and O–H groups in total. The fourth-order valence-corrected chi connectivity index (χ4v) is 3.43. The second-order valence-electron chi connectivity index (χ2n) is 6.72. The van der Waals surface area contributed by atoms with E-state index in [0.717, 1.165) is 12.1 Å². The molecule has 0 radical (unpaired) electrons. The van der Waals surface area contributed by atoms with E-state index in [1.807, 2.05) is 19.1 Å². The molecule has 3 aromatic rings. The summed E-state index contributed by atoms with van der Waals surface area (Å²) in [5, 5.41) is 17.8. The molecule has 0 aliphatic heterocycles. The Hall–Kier alpha value is -2.41. The zero-order valence-corrected chi connectivity index (χ0v) is 16.0. The molecule has 6 nitrogen and oxygen atoms in total. The van der Waals surface area contributed by atoms with Crippen molar-refractivity contribution >= 4 is 28.4 Å². The summed E-state index contributed by atoms with van der Waals surface area (Å²) in [4.78, 5) is 12.3. The first-order valence-electron chi connectivity index (χ1n) is 8.70. The van der Waals surface area contributed by atoms with Gasteiger partial charge in [-0.3, -0.25) is 4.79 Å². The molecular formula is C19H23N5OS. The van der Waals surface area contributed by atoms with Crippen LogP contribution in [0.5, 0.6) is 0 Å². The molecule has 0 aliphatic rings. The number of rotatable bonds is 7. The number of tetrazole rings is 1. The maximum Gasteiger partial charge on any atom is 0.230 e. The van der Waals surface area contributed by atoms with Gasteiger partial charge in [0.05, 0.1) is 11.8 Å². The van der Waals surface area contributed by atoms with Gasteiger partial charge in [0, 0.05) is 6.54 Å². The molecule has 0 aliphatic carbocycles. The first-order valence-corrected chi connectivity index (χ1v) is 9.68. The van der Waals surface area contributed by atoms with E-state index in [2.05, 4.69) is 65.0 Å². The molecule has 3 rings (SSSR count). The fourth-order valence-electron chi connectivity index (χ4n) is 2.73. The van der Waals surface area contributed by atoms with Crippen molar-refractivity contribution in [2.45, 2.75) is 38.5 Å². The number of nitrogens with one attached hydrogen (secondary N) is 1. The molecule has 0 saturated heterocycles. The molecule has 0 saturated carbocycles. The average Bonchev–Trinajstić information content (AvgIpc) is 3.05. The zero-order chi connectivity index (χ0) is 18.5. The first kappa shape index (κ1) is 18.4. The molecule has 136 valence electrons. The number of aromatic nitrogens is 4. The molecule has 1 aromatic heterocycles. The van der Waals surface area contributed by atoms with Crippen molar-refractivity contribution in [1.82, 2.24) is 25.5 Å². The topological polar surface area (TPSA) is 72.7 Å². The van der Waals surface area contributed by atoms with Crippen molar-refractivity contribution in [1.29, 1.82) is 0 Å². The highest BCUT2D eigenvalue weighted by atomic mass is 32.2. The summed E-state index contributed by atoms with van der Waals surface area (Å²) < 4.78 is 1.75. The van der Waals surface area contributed by atoms with Crippen LogP contribution in [0.1, 0.15) is 32.4 Å². The molecule has 1 unspecified atom stereocenters. The SMILES string of the molecule is CC(C)Cn1nnnc1SCC(=O)NC(C)c1ccc2ccccc2c1. The van der Waals surface area contributed by atoms with Crippen molar-refractivity contribution < 1.29 is 4.79 Å². The van der Waals surface area contributed by atoms with Crippen molar-refractivity contribution in [3.8, 4) is 0 Å². The number of benzene rings is 2. The van der Waals surface area contributed by atoms with Crippen LogP contribution in [0.25, 0.3) is 10.8 Å². The molecule has 0 bridgehead atoms. The van der Waals surface area contributed by atoms with Gasteiger partial charge < -0.3 is 5.32 Å². The second-order valence-corrected chi connectivity index (χ2v) is 7.66. The zero-order valence-electron chi connectivity index (χ0n) is 15.2. The summed E-state index contributed by atoms with van der Waals surface area (Å²) in [5.74, 6) is 0.700. The molecule has 1 heterocycles. The highest BCUT2D eigenvalue weighted by Gasteiger charge is 2.14. The first-order chi connectivity index (χ1) is 12.5. The van der Waals surface area contributed by atoms with Crippen molar-refractivity contribution in [2.24, 2.45) is 5.92 Å². The normalized spacial score (nSPS) is 12.5. The monoisotopic (exact) mass is 369 g/mol. The fraction of sp³-hybridized carbons (Fsp3) is 0.368. The third-order valence-electron chi connectivity index (χ3n) is 4.02. The van der Waals surface area contributed by atoms with Crippen LogP contribution >= 0.6 is 11.8 Å². The molecular weight excluding hydrogens is 346 g/mol. The standard InChI is InChI=1S/C19H23N5OS/c1-13(2)11-24-19(21-22-23-24)26-12-18(25)20-14(3)16-9-8-15-6-4-5-7-17(15)10-16/h4-10,13-14H,11-12H2,1-3H3,(H,20,25). The van der Waals surface area contributed by atoms with E-state index >= 15 is 0 Å². The number of amides is 1. The minimum absolute atomic E-state index is 0.0326. The molecule has 1 amide bonds. The van der Waals surface area contributed by atoms with Crippen molar-refractivity contribution in [3.05, 3.63) is 48.0 Å². The summed E-state index contributed by atoms with van der Waals surface area (Å²) in [5.41, 5.74) is 1.09. The van der Waals surface area contributed by atoms with Crippen molar-refractivity contribution in [2.75, 3.05) is 5.75 Å². The molecule has 2 aromatic carbocycles. The van der Waals surface area contributed by atoms with E-state index in [1.54, 1.807) is 4.68 Å². The van der Waals surface area contributed by atoms with E-state index in [1.165, 1.54) is 22.5 Å². The highest BCUT2D eigenvalue weighted by Crippen LogP contribution is 2.21. The van der Waals surface area contributed by atoms with Crippen LogP contribution in [-0.2, 0) is 11.3 Å². The predicted octanol–water partition coefficient (Wildman–Crippen LogP) is 3.45. The number of carbonyl (C=O) groups excluding carboxylic acids is 1. The smallest absolute Gasteiger partial charge is 0.230 e. The molecule has 7 heteroatoms. The quantitative estimate of drug-likeness (QED) is 0.646. The lowest BCUT2D eigenvalue weighted by molar-refractivity contribution is -0.119. The molecule has 0 spiro atoms. The van der Waals surface area contributed by atoms with Crippen LogP contribution in [0.15, 0.2) is 47.6 Å². The highest BCUT2D eigenvalue weighted by molar-refractivity contribution is 7.99. The van der Waals surface area contributed by atoms with Gasteiger partial charge in [-0.1, -0.05) is 62.0 Å². The Morgan fingerprint density at radius 3 is 2.69 bits per heavy atom. The van der Waals surface area contributed by atoms with Gasteiger partial charge in [0.1, 0.15) is 0 Å². The Morgan fingerprint density at radius 1 is 1.15 bits per heavy atom. The van der Waals surface area contributed by atoms with Crippen LogP contribution in [-0.4, -0.2) is 31.9 Å². The number of carbonyl (C=O) groups is 1. The Kier molecular flexibility index (Phi) is 5.88. The molecule has 26 heavy (non-hydrogen) atoms. The lowest BCUT2D eigenvalue weighted by atomic mass is 10.0. The third kappa shape index (κ3) is 4.60. The average molecular weight is 369 g/mol. The van der Waals surface area contributed by atoms with Gasteiger partial charge in [-0.05, 0) is 45.7 Å². The number of thioether (sulfide) groups is 1. The minimum Gasteiger partial charge on any atom is -0.349 e. The third-order valence-corrected chi connectivity index (χ3v) is 4.98. The van der Waals surface area contributed by atoms with Crippen molar-refractivity contribution in [3.63, 3.8) is 0 Å². The summed E-state index contributed by atoms with van der Waals surface area (Å²) in [7, 11) is 0. The summed E-state index contributed by atoms with van der Waals surface area (Å²) in [6.45, 7) is 6.95. The van der Waals surface area contributed by atoms with Crippen LogP contribution in [0.2, 0.25) is 0 Å². The van der Waals surface area contributed by atoms with Gasteiger partial charge in [0.15, 0.2) is 0 Å². The minimum atomic E-state index is -0.0561. The number of nitrogens with zero attached hydrogens (tertiary/aromatic N) is 4. The summed E-state index contributed by atoms with van der Waals surface area (Å²) in [6.07, 6.45) is 0. The Labute approximate surface area is 157 Å². The Balaban J connectivity index is 1.58. The van der Waals surface area contributed by atoms with Gasteiger partial charge >= 0.3 is 0 Å². The summed E-state index contributed by atoms with van der Waals surface area (Å²) in [6, 6.07) is 14.4. The van der Waals surface area contributed by atoms with Gasteiger partial charge in [-0.15, -0.1) is 5.10 Å². The number of fused-ring (bicyclic) bond motifs is 1. The van der Waals surface area contributed by atoms with Gasteiger partial charge in [0.2, 0.25) is 11.1 Å². The predicted molar refractivity (Wildman–Crippen MR) is 104 cm³/mol. The van der Waals surface area contributed by atoms with Crippen LogP contribution in [0.3, 0.4) is 0 Å². The largest absolute Gasteiger partial charge is 0.349 e. The van der Waals surface area contributed by atoms with Crippen LogP contribution in [0.4, 0.5) is 0 Å². The van der Waals surface area contributed by atoms with E-state index in [-0.39, 0.29) is 17.7 Å². The van der Waals surface area contributed by atoms with Gasteiger partial charge in [0.25, 0.3) is 0 Å². The lowest BCUT2D eigenvalue weighted by Gasteiger charge is -2.15. The van der Waals surface area contributed by atoms with Crippen LogP contribution in [0, 0.1) is 5.92 Å². The van der Waals surface area contributed by atoms with E-state index < -0.39 is 0 Å². The van der Waals surface area contributed by atoms with E-state index in [0.29, 0.717) is 11.1 Å². The lowest BCUT2D eigenvalue weighted by Crippen LogP contribution is -2.28. The maximum absolute atomic E-state index is 12.3. The van der Waals surface area contributed by atoms with E-state index in [9.17, 15) is 4.79 Å². The summed E-state index contributed by atoms with van der Waals surface area (Å²) >= 11 is 1.36. The Bertz CT molecular complexity index is 892. The Morgan fingerprint density at radius 2 is 1.92 bits per heavy atom. The number of hydrogen-bond acceptors (Lipinski definition) is 5. The maximum atomic E-state index is 12.3. The van der Waals surface area contributed by atoms with Crippen LogP contribution < -0.4 is 5.32 Å². The molecule has 0 fully saturated rings. The second kappa shape index (κ2) is 8.31. The van der Waals surface area contributed by atoms with Gasteiger partial charge in [-0.2, -0.15) is 0 Å². The number of hydrogen-bond donors (Lipinski definition) is 1. The molecule has 1 atom stereocenters.